The van der Waals surface area contributed by atoms with Crippen LogP contribution in [-0.2, 0) is 17.6 Å². The highest BCUT2D eigenvalue weighted by molar-refractivity contribution is 7.16. The summed E-state index contributed by atoms with van der Waals surface area (Å²) in [5.41, 5.74) is 1.63. The van der Waals surface area contributed by atoms with Crippen LogP contribution in [0.5, 0.6) is 0 Å². The first-order valence-electron chi connectivity index (χ1n) is 8.11. The van der Waals surface area contributed by atoms with Gasteiger partial charge in [0.15, 0.2) is 0 Å². The summed E-state index contributed by atoms with van der Waals surface area (Å²) in [6, 6.07) is 5.90. The third-order valence-electron chi connectivity index (χ3n) is 4.51. The zero-order chi connectivity index (χ0) is 17.1. The number of carbonyl (C=O) groups excluding carboxylic acids is 1. The number of fused-ring (bicyclic) bond motifs is 1. The number of rotatable bonds is 5. The van der Waals surface area contributed by atoms with Crippen molar-refractivity contribution in [3.05, 3.63) is 40.2 Å². The molecule has 0 fully saturated rings. The maximum atomic E-state index is 12.3. The van der Waals surface area contributed by atoms with Crippen LogP contribution in [0, 0.1) is 17.2 Å². The Morgan fingerprint density at radius 1 is 1.62 bits per heavy atom. The van der Waals surface area contributed by atoms with Crippen LogP contribution in [0.15, 0.2) is 22.8 Å². The van der Waals surface area contributed by atoms with Crippen LogP contribution in [0.1, 0.15) is 47.4 Å². The molecule has 2 N–H and O–H groups in total. The molecule has 0 bridgehead atoms. The van der Waals surface area contributed by atoms with Gasteiger partial charge in [0.1, 0.15) is 16.8 Å². The SMILES string of the molecule is CC(CC(=O)Nc1sc2c(c1C#N)CCC(CO)C2)c1ccco1. The van der Waals surface area contributed by atoms with E-state index < -0.39 is 0 Å². The summed E-state index contributed by atoms with van der Waals surface area (Å²) in [5.74, 6) is 0.902. The van der Waals surface area contributed by atoms with Crippen molar-refractivity contribution in [1.29, 1.82) is 5.26 Å². The van der Waals surface area contributed by atoms with Crippen molar-refractivity contribution in [2.45, 2.75) is 38.5 Å². The van der Waals surface area contributed by atoms with Gasteiger partial charge in [-0.15, -0.1) is 11.3 Å². The molecule has 0 spiro atoms. The minimum atomic E-state index is -0.118. The van der Waals surface area contributed by atoms with E-state index in [-0.39, 0.29) is 24.3 Å². The Balaban J connectivity index is 1.72. The lowest BCUT2D eigenvalue weighted by Crippen LogP contribution is -2.16. The Labute approximate surface area is 144 Å². The summed E-state index contributed by atoms with van der Waals surface area (Å²) in [4.78, 5) is 13.4. The zero-order valence-corrected chi connectivity index (χ0v) is 14.4. The largest absolute Gasteiger partial charge is 0.469 e. The second kappa shape index (κ2) is 7.20. The van der Waals surface area contributed by atoms with Crippen molar-refractivity contribution < 1.29 is 14.3 Å². The molecule has 2 aromatic rings. The number of aliphatic hydroxyl groups excluding tert-OH is 1. The molecule has 1 aliphatic rings. The van der Waals surface area contributed by atoms with Crippen molar-refractivity contribution >= 4 is 22.2 Å². The van der Waals surface area contributed by atoms with Crippen LogP contribution < -0.4 is 5.32 Å². The molecular formula is C18H20N2O3S. The van der Waals surface area contributed by atoms with E-state index in [0.717, 1.165) is 35.5 Å². The smallest absolute Gasteiger partial charge is 0.225 e. The van der Waals surface area contributed by atoms with E-state index in [4.69, 9.17) is 4.42 Å². The van der Waals surface area contributed by atoms with E-state index in [1.54, 1.807) is 6.26 Å². The Morgan fingerprint density at radius 2 is 2.46 bits per heavy atom. The minimum Gasteiger partial charge on any atom is -0.469 e. The van der Waals surface area contributed by atoms with E-state index in [1.165, 1.54) is 11.3 Å². The van der Waals surface area contributed by atoms with Gasteiger partial charge in [0.05, 0.1) is 11.8 Å². The standard InChI is InChI=1S/C18H20N2O3S/c1-11(15-3-2-6-23-15)7-17(22)20-18-14(9-19)13-5-4-12(10-21)8-16(13)24-18/h2-3,6,11-12,21H,4-5,7-8,10H2,1H3,(H,20,22). The van der Waals surface area contributed by atoms with Crippen LogP contribution in [0.4, 0.5) is 5.00 Å². The quantitative estimate of drug-likeness (QED) is 0.870. The topological polar surface area (TPSA) is 86.3 Å². The normalized spacial score (nSPS) is 17.8. The molecule has 126 valence electrons. The molecule has 0 saturated heterocycles. The summed E-state index contributed by atoms with van der Waals surface area (Å²) in [7, 11) is 0. The molecule has 6 heteroatoms. The lowest BCUT2D eigenvalue weighted by Gasteiger charge is -2.19. The van der Waals surface area contributed by atoms with Gasteiger partial charge in [-0.25, -0.2) is 0 Å². The number of anilines is 1. The molecule has 1 amide bonds. The predicted octanol–water partition coefficient (Wildman–Crippen LogP) is 3.44. The van der Waals surface area contributed by atoms with Gasteiger partial charge in [-0.2, -0.15) is 5.26 Å². The molecule has 1 aliphatic carbocycles. The maximum Gasteiger partial charge on any atom is 0.225 e. The summed E-state index contributed by atoms with van der Waals surface area (Å²) in [6.07, 6.45) is 4.36. The second-order valence-electron chi connectivity index (χ2n) is 6.28. The van der Waals surface area contributed by atoms with Crippen LogP contribution in [0.2, 0.25) is 0 Å². The number of hydrogen-bond acceptors (Lipinski definition) is 5. The zero-order valence-electron chi connectivity index (χ0n) is 13.5. The van der Waals surface area contributed by atoms with E-state index in [1.807, 2.05) is 19.1 Å². The molecule has 0 saturated carbocycles. The maximum absolute atomic E-state index is 12.3. The summed E-state index contributed by atoms with van der Waals surface area (Å²) >= 11 is 1.47. The van der Waals surface area contributed by atoms with Crippen LogP contribution in [0.3, 0.4) is 0 Å². The van der Waals surface area contributed by atoms with Gasteiger partial charge in [0.25, 0.3) is 0 Å². The monoisotopic (exact) mass is 344 g/mol. The first-order valence-corrected chi connectivity index (χ1v) is 8.92. The van der Waals surface area contributed by atoms with Gasteiger partial charge in [0.2, 0.25) is 5.91 Å². The number of nitrogens with zero attached hydrogens (tertiary/aromatic N) is 1. The number of thiophene rings is 1. The van der Waals surface area contributed by atoms with E-state index in [2.05, 4.69) is 11.4 Å². The van der Waals surface area contributed by atoms with Crippen molar-refractivity contribution in [2.24, 2.45) is 5.92 Å². The highest BCUT2D eigenvalue weighted by Gasteiger charge is 2.26. The average molecular weight is 344 g/mol. The van der Waals surface area contributed by atoms with Crippen LogP contribution in [0.25, 0.3) is 0 Å². The fourth-order valence-electron chi connectivity index (χ4n) is 3.14. The predicted molar refractivity (Wildman–Crippen MR) is 92.0 cm³/mol. The van der Waals surface area contributed by atoms with Crippen molar-refractivity contribution in [3.63, 3.8) is 0 Å². The molecule has 2 aromatic heterocycles. The third-order valence-corrected chi connectivity index (χ3v) is 5.68. The number of nitrogens with one attached hydrogen (secondary N) is 1. The number of furan rings is 1. The lowest BCUT2D eigenvalue weighted by atomic mass is 9.88. The van der Waals surface area contributed by atoms with Gasteiger partial charge in [-0.1, -0.05) is 6.92 Å². The van der Waals surface area contributed by atoms with Crippen LogP contribution in [-0.4, -0.2) is 17.6 Å². The molecule has 5 nitrogen and oxygen atoms in total. The lowest BCUT2D eigenvalue weighted by molar-refractivity contribution is -0.116. The van der Waals surface area contributed by atoms with E-state index >= 15 is 0 Å². The molecule has 3 rings (SSSR count). The van der Waals surface area contributed by atoms with Crippen molar-refractivity contribution in [3.8, 4) is 6.07 Å². The van der Waals surface area contributed by atoms with Gasteiger partial charge < -0.3 is 14.8 Å². The second-order valence-corrected chi connectivity index (χ2v) is 7.39. The number of nitriles is 1. The highest BCUT2D eigenvalue weighted by atomic mass is 32.1. The van der Waals surface area contributed by atoms with Gasteiger partial charge in [-0.05, 0) is 42.9 Å². The number of aliphatic hydroxyl groups is 1. The molecule has 0 radical (unpaired) electrons. The fraction of sp³-hybridized carbons (Fsp3) is 0.444. The van der Waals surface area contributed by atoms with E-state index in [9.17, 15) is 15.2 Å². The molecule has 24 heavy (non-hydrogen) atoms. The number of hydrogen-bond donors (Lipinski definition) is 2. The average Bonchev–Trinajstić information content (AvgIpc) is 3.21. The fourth-order valence-corrected chi connectivity index (χ4v) is 4.47. The molecular weight excluding hydrogens is 324 g/mol. The highest BCUT2D eigenvalue weighted by Crippen LogP contribution is 2.39. The Morgan fingerprint density at radius 3 is 3.12 bits per heavy atom. The molecule has 2 unspecified atom stereocenters. The first-order chi connectivity index (χ1) is 11.6. The first kappa shape index (κ1) is 16.7. The van der Waals surface area contributed by atoms with Gasteiger partial charge in [0, 0.05) is 23.8 Å². The Hall–Kier alpha value is -2.10. The number of carbonyl (C=O) groups is 1. The van der Waals surface area contributed by atoms with E-state index in [0.29, 0.717) is 17.0 Å². The minimum absolute atomic E-state index is 0.0149. The van der Waals surface area contributed by atoms with Crippen molar-refractivity contribution in [1.82, 2.24) is 0 Å². The Bertz CT molecular complexity index is 758. The van der Waals surface area contributed by atoms with Gasteiger partial charge in [-0.3, -0.25) is 4.79 Å². The molecule has 2 heterocycles. The van der Waals surface area contributed by atoms with Crippen molar-refractivity contribution in [2.75, 3.05) is 11.9 Å². The molecule has 0 aliphatic heterocycles. The molecule has 0 aromatic carbocycles. The van der Waals surface area contributed by atoms with Gasteiger partial charge >= 0.3 is 0 Å². The Kier molecular flexibility index (Phi) is 5.03. The third kappa shape index (κ3) is 3.37. The van der Waals surface area contributed by atoms with Crippen LogP contribution >= 0.6 is 11.3 Å². The summed E-state index contributed by atoms with van der Waals surface area (Å²) in [5, 5.41) is 22.4. The summed E-state index contributed by atoms with van der Waals surface area (Å²) in [6.45, 7) is 2.11. The molecule has 2 atom stereocenters. The number of amides is 1. The summed E-state index contributed by atoms with van der Waals surface area (Å²) < 4.78 is 5.33.